The molecule has 25 heavy (non-hydrogen) atoms. The molecular formula is C18H22N2O5. The van der Waals surface area contributed by atoms with Crippen LogP contribution in [-0.2, 0) is 23.7 Å². The number of nitrogens with two attached hydrogens (primary N) is 1. The van der Waals surface area contributed by atoms with Gasteiger partial charge in [-0.1, -0.05) is 42.5 Å². The molecule has 1 fully saturated rings. The van der Waals surface area contributed by atoms with Crippen molar-refractivity contribution in [2.24, 2.45) is 17.1 Å². The van der Waals surface area contributed by atoms with Gasteiger partial charge in [0.1, 0.15) is 0 Å². The van der Waals surface area contributed by atoms with Crippen LogP contribution >= 0.6 is 0 Å². The summed E-state index contributed by atoms with van der Waals surface area (Å²) in [5.74, 6) is -5.06. The number of nitrogens with zero attached hydrogens (tertiary/aromatic N) is 1. The SMILES string of the molecule is COC1(OC)[C@H](/C=C/c2ccccc2)[C@@](C#N)(C(N)=O)C1(OC)OC. The molecule has 134 valence electrons. The van der Waals surface area contributed by atoms with Crippen molar-refractivity contribution in [2.45, 2.75) is 11.6 Å². The number of nitriles is 1. The molecule has 0 radical (unpaired) electrons. The molecule has 0 heterocycles. The molecule has 1 aliphatic rings. The molecule has 0 saturated heterocycles. The number of methoxy groups -OCH3 is 4. The van der Waals surface area contributed by atoms with Gasteiger partial charge in [-0.3, -0.25) is 4.79 Å². The van der Waals surface area contributed by atoms with Crippen molar-refractivity contribution in [1.82, 2.24) is 0 Å². The number of carbonyl (C=O) groups excluding carboxylic acids is 1. The highest BCUT2D eigenvalue weighted by Gasteiger charge is 2.87. The fourth-order valence-corrected chi connectivity index (χ4v) is 3.74. The third-order valence-corrected chi connectivity index (χ3v) is 4.88. The maximum absolute atomic E-state index is 12.3. The first kappa shape index (κ1) is 19.1. The molecule has 0 bridgehead atoms. The van der Waals surface area contributed by atoms with Crippen LogP contribution < -0.4 is 5.73 Å². The molecule has 2 N–H and O–H groups in total. The Bertz CT molecular complexity index is 689. The quantitative estimate of drug-likeness (QED) is 0.747. The van der Waals surface area contributed by atoms with Crippen LogP contribution in [0.2, 0.25) is 0 Å². The van der Waals surface area contributed by atoms with E-state index in [1.807, 2.05) is 36.4 Å². The zero-order chi connectivity index (χ0) is 18.7. The summed E-state index contributed by atoms with van der Waals surface area (Å²) < 4.78 is 22.0. The molecule has 1 aliphatic carbocycles. The van der Waals surface area contributed by atoms with Crippen molar-refractivity contribution in [3.05, 3.63) is 42.0 Å². The maximum Gasteiger partial charge on any atom is 0.253 e. The van der Waals surface area contributed by atoms with Crippen molar-refractivity contribution in [3.63, 3.8) is 0 Å². The van der Waals surface area contributed by atoms with Crippen molar-refractivity contribution >= 4 is 12.0 Å². The Balaban J connectivity index is 2.63. The van der Waals surface area contributed by atoms with Crippen LogP contribution in [0.4, 0.5) is 0 Å². The maximum atomic E-state index is 12.3. The largest absolute Gasteiger partial charge is 0.368 e. The second-order valence-electron chi connectivity index (χ2n) is 5.63. The van der Waals surface area contributed by atoms with Crippen molar-refractivity contribution < 1.29 is 23.7 Å². The van der Waals surface area contributed by atoms with Gasteiger partial charge >= 0.3 is 0 Å². The minimum atomic E-state index is -1.83. The summed E-state index contributed by atoms with van der Waals surface area (Å²) in [6.45, 7) is 0. The lowest BCUT2D eigenvalue weighted by molar-refractivity contribution is -0.490. The Kier molecular flexibility index (Phi) is 5.30. The summed E-state index contributed by atoms with van der Waals surface area (Å²) in [4.78, 5) is 12.3. The number of hydrogen-bond donors (Lipinski definition) is 1. The van der Waals surface area contributed by atoms with Crippen molar-refractivity contribution in [3.8, 4) is 6.07 Å². The first-order valence-corrected chi connectivity index (χ1v) is 7.61. The first-order valence-electron chi connectivity index (χ1n) is 7.61. The van der Waals surface area contributed by atoms with E-state index in [9.17, 15) is 10.1 Å². The van der Waals surface area contributed by atoms with Gasteiger partial charge in [-0.25, -0.2) is 0 Å². The topological polar surface area (TPSA) is 104 Å². The molecule has 2 rings (SSSR count). The molecule has 2 atom stereocenters. The molecule has 0 aliphatic heterocycles. The lowest BCUT2D eigenvalue weighted by Gasteiger charge is -2.65. The van der Waals surface area contributed by atoms with E-state index < -0.39 is 28.8 Å². The van der Waals surface area contributed by atoms with Gasteiger partial charge in [-0.15, -0.1) is 0 Å². The van der Waals surface area contributed by atoms with Crippen LogP contribution in [0.15, 0.2) is 36.4 Å². The molecule has 0 aromatic heterocycles. The number of benzene rings is 1. The average Bonchev–Trinajstić information content (AvgIpc) is 2.63. The highest BCUT2D eigenvalue weighted by molar-refractivity contribution is 5.88. The van der Waals surface area contributed by atoms with Crippen LogP contribution in [0.1, 0.15) is 5.56 Å². The van der Waals surface area contributed by atoms with Crippen molar-refractivity contribution in [2.75, 3.05) is 28.4 Å². The van der Waals surface area contributed by atoms with Gasteiger partial charge in [0.15, 0.2) is 0 Å². The summed E-state index contributed by atoms with van der Waals surface area (Å²) in [5, 5.41) is 9.84. The lowest BCUT2D eigenvalue weighted by atomic mass is 9.50. The van der Waals surface area contributed by atoms with E-state index in [-0.39, 0.29) is 0 Å². The summed E-state index contributed by atoms with van der Waals surface area (Å²) in [5.41, 5.74) is 4.65. The van der Waals surface area contributed by atoms with Gasteiger partial charge in [-0.2, -0.15) is 5.26 Å². The molecule has 0 unspecified atom stereocenters. The number of primary amides is 1. The van der Waals surface area contributed by atoms with E-state index in [1.165, 1.54) is 28.4 Å². The highest BCUT2D eigenvalue weighted by atomic mass is 16.8. The predicted octanol–water partition coefficient (Wildman–Crippen LogP) is 1.30. The number of carbonyl (C=O) groups is 1. The van der Waals surface area contributed by atoms with Crippen LogP contribution in [0.3, 0.4) is 0 Å². The Morgan fingerprint density at radius 1 is 1.12 bits per heavy atom. The number of rotatable bonds is 7. The predicted molar refractivity (Wildman–Crippen MR) is 89.7 cm³/mol. The molecule has 1 amide bonds. The summed E-state index contributed by atoms with van der Waals surface area (Å²) in [7, 11) is 5.40. The zero-order valence-corrected chi connectivity index (χ0v) is 14.7. The van der Waals surface area contributed by atoms with E-state index in [2.05, 4.69) is 0 Å². The molecule has 7 heteroatoms. The van der Waals surface area contributed by atoms with E-state index in [0.717, 1.165) is 5.56 Å². The Labute approximate surface area is 146 Å². The van der Waals surface area contributed by atoms with Gasteiger partial charge < -0.3 is 24.7 Å². The van der Waals surface area contributed by atoms with E-state index >= 15 is 0 Å². The standard InChI is InChI=1S/C18H22N2O5/c1-22-17(23-2)14(11-10-13-8-6-5-7-9-13)16(12-19,15(20)21)18(17,24-3)25-4/h5-11,14H,1-4H3,(H2,20,21)/b11-10+/t14-,16+/m1/s1. The van der Waals surface area contributed by atoms with Gasteiger partial charge in [0.25, 0.3) is 5.79 Å². The van der Waals surface area contributed by atoms with E-state index in [1.54, 1.807) is 12.2 Å². The average molecular weight is 346 g/mol. The molecule has 0 spiro atoms. The van der Waals surface area contributed by atoms with Crippen LogP contribution in [0.5, 0.6) is 0 Å². The normalized spacial score (nSPS) is 26.8. The second kappa shape index (κ2) is 6.94. The molecule has 1 aromatic carbocycles. The van der Waals surface area contributed by atoms with Crippen LogP contribution in [0, 0.1) is 22.7 Å². The Morgan fingerprint density at radius 3 is 2.08 bits per heavy atom. The lowest BCUT2D eigenvalue weighted by Crippen LogP contribution is -2.86. The second-order valence-corrected chi connectivity index (χ2v) is 5.63. The first-order chi connectivity index (χ1) is 12.0. The fourth-order valence-electron chi connectivity index (χ4n) is 3.74. The number of ether oxygens (including phenoxy) is 4. The fraction of sp³-hybridized carbons (Fsp3) is 0.444. The molecular weight excluding hydrogens is 324 g/mol. The minimum absolute atomic E-state index is 0.849. The van der Waals surface area contributed by atoms with Gasteiger partial charge in [0.05, 0.1) is 12.0 Å². The highest BCUT2D eigenvalue weighted by Crippen LogP contribution is 2.65. The van der Waals surface area contributed by atoms with Crippen molar-refractivity contribution in [1.29, 1.82) is 5.26 Å². The van der Waals surface area contributed by atoms with Gasteiger partial charge in [0, 0.05) is 28.4 Å². The molecule has 1 aromatic rings. The number of hydrogen-bond acceptors (Lipinski definition) is 6. The minimum Gasteiger partial charge on any atom is -0.368 e. The van der Waals surface area contributed by atoms with E-state index in [4.69, 9.17) is 24.7 Å². The molecule has 1 saturated carbocycles. The third kappa shape index (κ3) is 2.23. The third-order valence-electron chi connectivity index (χ3n) is 4.88. The zero-order valence-electron chi connectivity index (χ0n) is 14.7. The smallest absolute Gasteiger partial charge is 0.253 e. The summed E-state index contributed by atoms with van der Waals surface area (Å²) in [6, 6.07) is 11.4. The van der Waals surface area contributed by atoms with Gasteiger partial charge in [0.2, 0.25) is 17.1 Å². The summed E-state index contributed by atoms with van der Waals surface area (Å²) in [6.07, 6.45) is 3.42. The Morgan fingerprint density at radius 2 is 1.68 bits per heavy atom. The van der Waals surface area contributed by atoms with Crippen LogP contribution in [-0.4, -0.2) is 45.9 Å². The van der Waals surface area contributed by atoms with E-state index in [0.29, 0.717) is 0 Å². The monoisotopic (exact) mass is 346 g/mol. The van der Waals surface area contributed by atoms with Gasteiger partial charge in [-0.05, 0) is 5.56 Å². The summed E-state index contributed by atoms with van der Waals surface area (Å²) >= 11 is 0. The number of amides is 1. The Hall–Kier alpha value is -2.24. The molecule has 7 nitrogen and oxygen atoms in total. The van der Waals surface area contributed by atoms with Crippen LogP contribution in [0.25, 0.3) is 6.08 Å².